The van der Waals surface area contributed by atoms with E-state index in [1.165, 1.54) is 0 Å². The Morgan fingerprint density at radius 2 is 1.55 bits per heavy atom. The minimum atomic E-state index is -0.443. The summed E-state index contributed by atoms with van der Waals surface area (Å²) < 4.78 is 0. The van der Waals surface area contributed by atoms with Crippen LogP contribution in [0.3, 0.4) is 0 Å². The number of carbonyl (C=O) groups is 1. The molecule has 2 nitrogen and oxygen atoms in total. The molecule has 0 amide bonds. The smallest absolute Gasteiger partial charge is 0.171 e. The van der Waals surface area contributed by atoms with Crippen LogP contribution in [0.15, 0.2) is 54.6 Å². The quantitative estimate of drug-likeness (QED) is 0.508. The monoisotopic (exact) mass is 417 g/mol. The van der Waals surface area contributed by atoms with Gasteiger partial charge in [0, 0.05) is 10.4 Å². The van der Waals surface area contributed by atoms with Gasteiger partial charge in [0.15, 0.2) is 5.78 Å². The van der Waals surface area contributed by atoms with Crippen LogP contribution in [0.4, 0.5) is 0 Å². The molecule has 0 saturated heterocycles. The Bertz CT molecular complexity index is 738. The minimum absolute atomic E-state index is 0.00319. The van der Waals surface area contributed by atoms with Crippen molar-refractivity contribution in [1.29, 1.82) is 5.26 Å². The summed E-state index contributed by atoms with van der Waals surface area (Å²) in [5, 5.41) is 9.62. The Kier molecular flexibility index (Phi) is 4.46. The Morgan fingerprint density at radius 3 is 2.18 bits per heavy atom. The third-order valence-electron chi connectivity index (χ3n) is 4.10. The lowest BCUT2D eigenvalue weighted by Gasteiger charge is -2.35. The van der Waals surface area contributed by atoms with Gasteiger partial charge in [-0.15, -0.1) is 0 Å². The summed E-state index contributed by atoms with van der Waals surface area (Å²) >= 11 is 7.27. The van der Waals surface area contributed by atoms with Crippen LogP contribution in [0.5, 0.6) is 0 Å². The average Bonchev–Trinajstić information content (AvgIpc) is 2.58. The number of fused-ring (bicyclic) bond motifs is 1. The number of hydrogen-bond acceptors (Lipinski definition) is 2. The normalized spacial score (nSPS) is 26.8. The van der Waals surface area contributed by atoms with E-state index in [-0.39, 0.29) is 15.4 Å². The zero-order valence-electron chi connectivity index (χ0n) is 11.6. The molecule has 2 aromatic carbocycles. The van der Waals surface area contributed by atoms with Crippen LogP contribution in [-0.2, 0) is 0 Å². The molecule has 4 heteroatoms. The number of hydrogen-bond donors (Lipinski definition) is 0. The number of halogens is 2. The molecule has 1 aliphatic rings. The summed E-state index contributed by atoms with van der Waals surface area (Å²) in [6.07, 6.45) is 0. The highest BCUT2D eigenvalue weighted by molar-refractivity contribution is 9.12. The molecule has 1 aliphatic carbocycles. The molecule has 0 N–H and O–H groups in total. The zero-order chi connectivity index (χ0) is 15.7. The molecular weight excluding hydrogens is 406 g/mol. The lowest BCUT2D eigenvalue weighted by atomic mass is 9.72. The fourth-order valence-electron chi connectivity index (χ4n) is 3.01. The Morgan fingerprint density at radius 1 is 0.955 bits per heavy atom. The van der Waals surface area contributed by atoms with Crippen LogP contribution < -0.4 is 0 Å². The van der Waals surface area contributed by atoms with Crippen molar-refractivity contribution in [2.24, 2.45) is 5.92 Å². The maximum absolute atomic E-state index is 13.0. The molecule has 0 saturated carbocycles. The molecule has 0 radical (unpaired) electrons. The van der Waals surface area contributed by atoms with E-state index >= 15 is 0 Å². The van der Waals surface area contributed by atoms with Crippen molar-refractivity contribution < 1.29 is 4.79 Å². The van der Waals surface area contributed by atoms with E-state index in [9.17, 15) is 10.1 Å². The Labute approximate surface area is 146 Å². The number of benzene rings is 2. The molecule has 2 aromatic rings. The first-order valence-electron chi connectivity index (χ1n) is 7.01. The van der Waals surface area contributed by atoms with Crippen LogP contribution in [0, 0.1) is 17.2 Å². The number of Topliss-reactive ketones (excluding diaryl/α,β-unsaturated/α-hetero) is 1. The van der Waals surface area contributed by atoms with Crippen molar-refractivity contribution in [2.75, 3.05) is 0 Å². The highest BCUT2D eigenvalue weighted by Gasteiger charge is 2.44. The number of nitriles is 1. The molecule has 22 heavy (non-hydrogen) atoms. The second-order valence-corrected chi connectivity index (χ2v) is 7.38. The Balaban J connectivity index is 2.14. The second kappa shape index (κ2) is 6.36. The van der Waals surface area contributed by atoms with E-state index < -0.39 is 11.8 Å². The van der Waals surface area contributed by atoms with Crippen molar-refractivity contribution in [3.05, 3.63) is 71.3 Å². The maximum Gasteiger partial charge on any atom is 0.171 e. The SMILES string of the molecule is N#C[C@H]1[C@@H](Br)[C@H](Br)c2ccccc2[C@H]1C(=O)c1ccccc1. The van der Waals surface area contributed by atoms with E-state index in [0.29, 0.717) is 5.56 Å². The summed E-state index contributed by atoms with van der Waals surface area (Å²) in [5.74, 6) is -0.850. The Hall–Kier alpha value is -1.44. The van der Waals surface area contributed by atoms with Crippen molar-refractivity contribution in [2.45, 2.75) is 15.6 Å². The molecule has 0 spiro atoms. The predicted molar refractivity (Wildman–Crippen MR) is 93.4 cm³/mol. The van der Waals surface area contributed by atoms with E-state index in [1.807, 2.05) is 54.6 Å². The van der Waals surface area contributed by atoms with Gasteiger partial charge in [-0.2, -0.15) is 5.26 Å². The highest BCUT2D eigenvalue weighted by atomic mass is 79.9. The van der Waals surface area contributed by atoms with Gasteiger partial charge in [-0.05, 0) is 11.1 Å². The van der Waals surface area contributed by atoms with Crippen molar-refractivity contribution >= 4 is 37.6 Å². The number of rotatable bonds is 2. The van der Waals surface area contributed by atoms with Crippen LogP contribution >= 0.6 is 31.9 Å². The highest BCUT2D eigenvalue weighted by Crippen LogP contribution is 2.49. The van der Waals surface area contributed by atoms with Gasteiger partial charge >= 0.3 is 0 Å². The van der Waals surface area contributed by atoms with E-state index in [0.717, 1.165) is 11.1 Å². The van der Waals surface area contributed by atoms with Gasteiger partial charge in [0.1, 0.15) is 0 Å². The largest absolute Gasteiger partial charge is 0.293 e. The summed E-state index contributed by atoms with van der Waals surface area (Å²) in [6, 6.07) is 19.4. The molecule has 3 rings (SSSR count). The van der Waals surface area contributed by atoms with E-state index in [2.05, 4.69) is 37.9 Å². The van der Waals surface area contributed by atoms with Gasteiger partial charge in [-0.1, -0.05) is 86.5 Å². The van der Waals surface area contributed by atoms with Crippen LogP contribution in [0.25, 0.3) is 0 Å². The summed E-state index contributed by atoms with van der Waals surface area (Å²) in [4.78, 5) is 12.9. The van der Waals surface area contributed by atoms with Crippen LogP contribution in [0.1, 0.15) is 32.2 Å². The van der Waals surface area contributed by atoms with E-state index in [4.69, 9.17) is 0 Å². The lowest BCUT2D eigenvalue weighted by molar-refractivity contribution is 0.0936. The predicted octanol–water partition coefficient (Wildman–Crippen LogP) is 5.01. The summed E-state index contributed by atoms with van der Waals surface area (Å²) in [5.41, 5.74) is 2.67. The minimum Gasteiger partial charge on any atom is -0.293 e. The van der Waals surface area contributed by atoms with Crippen molar-refractivity contribution in [3.63, 3.8) is 0 Å². The van der Waals surface area contributed by atoms with Gasteiger partial charge in [0.05, 0.1) is 22.7 Å². The lowest BCUT2D eigenvalue weighted by Crippen LogP contribution is -2.35. The van der Waals surface area contributed by atoms with Crippen LogP contribution in [0.2, 0.25) is 0 Å². The maximum atomic E-state index is 13.0. The fraction of sp³-hybridized carbons (Fsp3) is 0.222. The fourth-order valence-corrected chi connectivity index (χ4v) is 4.46. The van der Waals surface area contributed by atoms with Gasteiger partial charge in [0.25, 0.3) is 0 Å². The summed E-state index contributed by atoms with van der Waals surface area (Å²) in [6.45, 7) is 0. The molecular formula is C18H13Br2NO. The number of carbonyl (C=O) groups excluding carboxylic acids is 1. The number of alkyl halides is 2. The molecule has 0 unspecified atom stereocenters. The van der Waals surface area contributed by atoms with Gasteiger partial charge < -0.3 is 0 Å². The van der Waals surface area contributed by atoms with Crippen LogP contribution in [-0.4, -0.2) is 10.6 Å². The first-order chi connectivity index (χ1) is 10.6. The van der Waals surface area contributed by atoms with Gasteiger partial charge in [-0.3, -0.25) is 4.79 Å². The molecule has 0 fully saturated rings. The van der Waals surface area contributed by atoms with Crippen molar-refractivity contribution in [1.82, 2.24) is 0 Å². The standard InChI is InChI=1S/C18H13Br2NO/c19-16-13-9-5-4-8-12(13)15(14(10-21)17(16)20)18(22)11-6-2-1-3-7-11/h1-9,14-17H/t14-,15-,16-,17-/m1/s1. The molecule has 0 aromatic heterocycles. The van der Waals surface area contributed by atoms with Gasteiger partial charge in [-0.25, -0.2) is 0 Å². The first-order valence-corrected chi connectivity index (χ1v) is 8.84. The van der Waals surface area contributed by atoms with E-state index in [1.54, 1.807) is 0 Å². The molecule has 0 aliphatic heterocycles. The number of nitrogens with zero attached hydrogens (tertiary/aromatic N) is 1. The molecule has 4 atom stereocenters. The average molecular weight is 419 g/mol. The molecule has 0 heterocycles. The summed E-state index contributed by atoms with van der Waals surface area (Å²) in [7, 11) is 0. The first kappa shape index (κ1) is 15.5. The third-order valence-corrected chi connectivity index (χ3v) is 6.97. The third kappa shape index (κ3) is 2.53. The number of ketones is 1. The zero-order valence-corrected chi connectivity index (χ0v) is 14.8. The topological polar surface area (TPSA) is 40.9 Å². The van der Waals surface area contributed by atoms with Crippen molar-refractivity contribution in [3.8, 4) is 6.07 Å². The molecule has 0 bridgehead atoms. The molecule has 110 valence electrons. The van der Waals surface area contributed by atoms with Gasteiger partial charge in [0.2, 0.25) is 0 Å². The second-order valence-electron chi connectivity index (χ2n) is 5.34.